The first-order chi connectivity index (χ1) is 8.40. The minimum Gasteiger partial charge on any atom is -0.357 e. The van der Waals surface area contributed by atoms with Crippen LogP contribution in [0.25, 0.3) is 5.82 Å². The van der Waals surface area contributed by atoms with Crippen LogP contribution >= 0.6 is 0 Å². The Labute approximate surface area is 101 Å². The fourth-order valence-electron chi connectivity index (χ4n) is 1.38. The number of hydrogen-bond donors (Lipinski definition) is 1. The third kappa shape index (κ3) is 2.41. The van der Waals surface area contributed by atoms with Crippen molar-refractivity contribution < 1.29 is 13.2 Å². The van der Waals surface area contributed by atoms with E-state index in [0.717, 1.165) is 10.7 Å². The predicted octanol–water partition coefficient (Wildman–Crippen LogP) is 2.03. The van der Waals surface area contributed by atoms with Crippen LogP contribution in [0.1, 0.15) is 11.4 Å². The minimum absolute atomic E-state index is 0.280. The molecule has 0 atom stereocenters. The molecule has 2 aromatic rings. The summed E-state index contributed by atoms with van der Waals surface area (Å²) in [4.78, 5) is 8.08. The first kappa shape index (κ1) is 12.3. The lowest BCUT2D eigenvalue weighted by Crippen LogP contribution is -2.09. The van der Waals surface area contributed by atoms with Crippen molar-refractivity contribution in [3.63, 3.8) is 0 Å². The molecular formula is C10H10F3N5. The average Bonchev–Trinajstić information content (AvgIpc) is 2.77. The Morgan fingerprint density at radius 3 is 2.56 bits per heavy atom. The predicted molar refractivity (Wildman–Crippen MR) is 58.4 cm³/mol. The molecule has 2 rings (SSSR count). The highest BCUT2D eigenvalue weighted by Gasteiger charge is 2.33. The highest BCUT2D eigenvalue weighted by molar-refractivity contribution is 5.34. The zero-order valence-electron chi connectivity index (χ0n) is 9.65. The molecule has 1 N–H and O–H groups in total. The van der Waals surface area contributed by atoms with E-state index in [0.29, 0.717) is 11.6 Å². The van der Waals surface area contributed by atoms with Crippen molar-refractivity contribution >= 4 is 5.95 Å². The SMILES string of the molecule is CNc1nc(C)cc(-n2ccc(C(F)(F)F)n2)n1. The normalized spacial score (nSPS) is 11.6. The van der Waals surface area contributed by atoms with Crippen LogP contribution in [0.15, 0.2) is 18.3 Å². The number of anilines is 1. The average molecular weight is 257 g/mol. The molecule has 0 unspecified atom stereocenters. The van der Waals surface area contributed by atoms with Crippen molar-refractivity contribution in [2.75, 3.05) is 12.4 Å². The summed E-state index contributed by atoms with van der Waals surface area (Å²) in [6.45, 7) is 1.72. The van der Waals surface area contributed by atoms with E-state index >= 15 is 0 Å². The van der Waals surface area contributed by atoms with Gasteiger partial charge in [-0.25, -0.2) is 9.67 Å². The van der Waals surface area contributed by atoms with Crippen LogP contribution in [0.2, 0.25) is 0 Å². The van der Waals surface area contributed by atoms with Crippen molar-refractivity contribution in [2.24, 2.45) is 0 Å². The number of alkyl halides is 3. The number of hydrogen-bond acceptors (Lipinski definition) is 4. The van der Waals surface area contributed by atoms with Gasteiger partial charge >= 0.3 is 6.18 Å². The maximum absolute atomic E-state index is 12.4. The molecule has 0 radical (unpaired) electrons. The molecule has 0 aromatic carbocycles. The number of aryl methyl sites for hydroxylation is 1. The largest absolute Gasteiger partial charge is 0.435 e. The number of rotatable bonds is 2. The fourth-order valence-corrected chi connectivity index (χ4v) is 1.38. The van der Waals surface area contributed by atoms with E-state index in [9.17, 15) is 13.2 Å². The molecule has 0 saturated carbocycles. The summed E-state index contributed by atoms with van der Waals surface area (Å²) in [5, 5.41) is 6.17. The van der Waals surface area contributed by atoms with Crippen molar-refractivity contribution in [1.82, 2.24) is 19.7 Å². The van der Waals surface area contributed by atoms with Gasteiger partial charge in [-0.05, 0) is 13.0 Å². The van der Waals surface area contributed by atoms with Gasteiger partial charge in [0.2, 0.25) is 5.95 Å². The maximum atomic E-state index is 12.4. The zero-order chi connectivity index (χ0) is 13.3. The molecule has 96 valence electrons. The summed E-state index contributed by atoms with van der Waals surface area (Å²) < 4.78 is 38.3. The third-order valence-corrected chi connectivity index (χ3v) is 2.18. The van der Waals surface area contributed by atoms with Gasteiger partial charge in [-0.2, -0.15) is 23.3 Å². The van der Waals surface area contributed by atoms with Gasteiger partial charge in [0.15, 0.2) is 11.5 Å². The Morgan fingerprint density at radius 1 is 1.28 bits per heavy atom. The second kappa shape index (κ2) is 4.28. The van der Waals surface area contributed by atoms with Gasteiger partial charge < -0.3 is 5.32 Å². The topological polar surface area (TPSA) is 55.6 Å². The molecule has 8 heteroatoms. The van der Waals surface area contributed by atoms with Gasteiger partial charge in [0.1, 0.15) is 0 Å². The van der Waals surface area contributed by atoms with Gasteiger partial charge in [0.05, 0.1) is 0 Å². The van der Waals surface area contributed by atoms with Gasteiger partial charge in [0, 0.05) is 25.0 Å². The van der Waals surface area contributed by atoms with Crippen molar-refractivity contribution in [1.29, 1.82) is 0 Å². The molecule has 0 aliphatic carbocycles. The molecule has 5 nitrogen and oxygen atoms in total. The van der Waals surface area contributed by atoms with E-state index in [-0.39, 0.29) is 5.82 Å². The van der Waals surface area contributed by atoms with E-state index in [4.69, 9.17) is 0 Å². The van der Waals surface area contributed by atoms with E-state index in [1.165, 1.54) is 6.20 Å². The van der Waals surface area contributed by atoms with Crippen LogP contribution < -0.4 is 5.32 Å². The molecule has 0 spiro atoms. The molecule has 0 aliphatic heterocycles. The Kier molecular flexibility index (Phi) is 2.93. The monoisotopic (exact) mass is 257 g/mol. The first-order valence-corrected chi connectivity index (χ1v) is 5.07. The van der Waals surface area contributed by atoms with Gasteiger partial charge in [-0.1, -0.05) is 0 Å². The van der Waals surface area contributed by atoms with Gasteiger partial charge in [-0.15, -0.1) is 0 Å². The molecule has 0 bridgehead atoms. The maximum Gasteiger partial charge on any atom is 0.435 e. The highest BCUT2D eigenvalue weighted by atomic mass is 19.4. The summed E-state index contributed by atoms with van der Waals surface area (Å²) in [5.41, 5.74) is -0.321. The van der Waals surface area contributed by atoms with Crippen molar-refractivity contribution in [3.8, 4) is 5.82 Å². The van der Waals surface area contributed by atoms with Crippen LogP contribution in [0, 0.1) is 6.92 Å². The quantitative estimate of drug-likeness (QED) is 0.894. The second-order valence-electron chi connectivity index (χ2n) is 3.58. The molecule has 0 amide bonds. The number of nitrogens with zero attached hydrogens (tertiary/aromatic N) is 4. The Bertz CT molecular complexity index is 561. The smallest absolute Gasteiger partial charge is 0.357 e. The number of nitrogens with one attached hydrogen (secondary N) is 1. The summed E-state index contributed by atoms with van der Waals surface area (Å²) in [6.07, 6.45) is -3.25. The molecule has 0 aliphatic rings. The summed E-state index contributed by atoms with van der Waals surface area (Å²) in [5.74, 6) is 0.608. The van der Waals surface area contributed by atoms with E-state index in [1.54, 1.807) is 20.0 Å². The lowest BCUT2D eigenvalue weighted by molar-refractivity contribution is -0.141. The molecule has 18 heavy (non-hydrogen) atoms. The second-order valence-corrected chi connectivity index (χ2v) is 3.58. The minimum atomic E-state index is -4.46. The number of aromatic nitrogens is 4. The Balaban J connectivity index is 2.43. The van der Waals surface area contributed by atoms with Crippen molar-refractivity contribution in [2.45, 2.75) is 13.1 Å². The lowest BCUT2D eigenvalue weighted by atomic mass is 10.4. The Hall–Kier alpha value is -2.12. The lowest BCUT2D eigenvalue weighted by Gasteiger charge is -2.05. The molecular weight excluding hydrogens is 247 g/mol. The molecule has 2 aromatic heterocycles. The molecule has 0 saturated heterocycles. The Morgan fingerprint density at radius 2 is 2.00 bits per heavy atom. The van der Waals surface area contributed by atoms with Gasteiger partial charge in [-0.3, -0.25) is 0 Å². The fraction of sp³-hybridized carbons (Fsp3) is 0.300. The van der Waals surface area contributed by atoms with Crippen LogP contribution in [0.5, 0.6) is 0 Å². The van der Waals surface area contributed by atoms with Crippen molar-refractivity contribution in [3.05, 3.63) is 29.7 Å². The van der Waals surface area contributed by atoms with E-state index < -0.39 is 11.9 Å². The van der Waals surface area contributed by atoms with E-state index in [1.807, 2.05) is 0 Å². The van der Waals surface area contributed by atoms with Crippen LogP contribution in [-0.4, -0.2) is 26.8 Å². The standard InChI is InChI=1S/C10H10F3N5/c1-6-5-8(16-9(14-2)15-6)18-4-3-7(17-18)10(11,12)13/h3-5H,1-2H3,(H,14,15,16). The van der Waals surface area contributed by atoms with Gasteiger partial charge in [0.25, 0.3) is 0 Å². The summed E-state index contributed by atoms with van der Waals surface area (Å²) in [7, 11) is 1.63. The zero-order valence-corrected chi connectivity index (χ0v) is 9.65. The summed E-state index contributed by atoms with van der Waals surface area (Å²) in [6, 6.07) is 2.45. The highest BCUT2D eigenvalue weighted by Crippen LogP contribution is 2.27. The number of halogens is 3. The van der Waals surface area contributed by atoms with Crippen LogP contribution in [0.3, 0.4) is 0 Å². The van der Waals surface area contributed by atoms with Crippen LogP contribution in [-0.2, 0) is 6.18 Å². The van der Waals surface area contributed by atoms with E-state index in [2.05, 4.69) is 20.4 Å². The van der Waals surface area contributed by atoms with Crippen LogP contribution in [0.4, 0.5) is 19.1 Å². The molecule has 2 heterocycles. The third-order valence-electron chi connectivity index (χ3n) is 2.18. The molecule has 0 fully saturated rings. The first-order valence-electron chi connectivity index (χ1n) is 5.07. The summed E-state index contributed by atoms with van der Waals surface area (Å²) >= 11 is 0.